The van der Waals surface area contributed by atoms with Crippen molar-refractivity contribution in [3.05, 3.63) is 0 Å². The lowest BCUT2D eigenvalue weighted by Crippen LogP contribution is -2.64. The minimum atomic E-state index is 0.0820. The molecule has 0 bridgehead atoms. The van der Waals surface area contributed by atoms with Gasteiger partial charge in [-0.15, -0.1) is 0 Å². The molecule has 21 heavy (non-hydrogen) atoms. The lowest BCUT2D eigenvalue weighted by atomic mass is 9.89. The van der Waals surface area contributed by atoms with Gasteiger partial charge in [0, 0.05) is 31.2 Å². The fourth-order valence-corrected chi connectivity index (χ4v) is 3.85. The van der Waals surface area contributed by atoms with Gasteiger partial charge in [0.2, 0.25) is 0 Å². The maximum Gasteiger partial charge on any atom is 0.0710 e. The van der Waals surface area contributed by atoms with Crippen LogP contribution in [0.1, 0.15) is 67.2 Å². The largest absolute Gasteiger partial charge is 0.371 e. The van der Waals surface area contributed by atoms with Crippen LogP contribution in [-0.2, 0) is 4.74 Å². The number of ether oxygens (including phenoxy) is 1. The van der Waals surface area contributed by atoms with E-state index in [0.29, 0.717) is 12.1 Å². The topological polar surface area (TPSA) is 24.5 Å². The van der Waals surface area contributed by atoms with Crippen molar-refractivity contribution >= 4 is 0 Å². The molecule has 124 valence electrons. The van der Waals surface area contributed by atoms with Crippen LogP contribution in [0.5, 0.6) is 0 Å². The molecule has 3 nitrogen and oxygen atoms in total. The Hall–Kier alpha value is -0.120. The first-order valence-corrected chi connectivity index (χ1v) is 8.90. The lowest BCUT2D eigenvalue weighted by Gasteiger charge is -2.49. The summed E-state index contributed by atoms with van der Waals surface area (Å²) < 4.78 is 6.24. The molecule has 0 aromatic carbocycles. The molecule has 2 aliphatic heterocycles. The Morgan fingerprint density at radius 2 is 2.00 bits per heavy atom. The monoisotopic (exact) mass is 296 g/mol. The van der Waals surface area contributed by atoms with Gasteiger partial charge >= 0.3 is 0 Å². The van der Waals surface area contributed by atoms with Gasteiger partial charge in [-0.3, -0.25) is 4.90 Å². The second-order valence-electron chi connectivity index (χ2n) is 8.50. The molecule has 0 aromatic heterocycles. The van der Waals surface area contributed by atoms with Gasteiger partial charge in [0.1, 0.15) is 0 Å². The highest BCUT2D eigenvalue weighted by Gasteiger charge is 2.40. The number of rotatable bonds is 5. The number of piperazine rings is 1. The van der Waals surface area contributed by atoms with E-state index < -0.39 is 0 Å². The molecule has 2 rings (SSSR count). The zero-order valence-corrected chi connectivity index (χ0v) is 15.0. The Balaban J connectivity index is 1.98. The van der Waals surface area contributed by atoms with E-state index in [1.807, 2.05) is 0 Å². The van der Waals surface area contributed by atoms with Gasteiger partial charge in [0.05, 0.1) is 11.7 Å². The fourth-order valence-electron chi connectivity index (χ4n) is 3.85. The van der Waals surface area contributed by atoms with Crippen molar-refractivity contribution in [2.45, 2.75) is 90.5 Å². The average molecular weight is 296 g/mol. The predicted octanol–water partition coefficient (Wildman–Crippen LogP) is 3.43. The van der Waals surface area contributed by atoms with Crippen LogP contribution in [-0.4, -0.2) is 47.8 Å². The van der Waals surface area contributed by atoms with Crippen LogP contribution in [0.15, 0.2) is 0 Å². The first kappa shape index (κ1) is 17.2. The summed E-state index contributed by atoms with van der Waals surface area (Å²) in [7, 11) is 0. The Morgan fingerprint density at radius 3 is 2.52 bits per heavy atom. The van der Waals surface area contributed by atoms with E-state index in [0.717, 1.165) is 19.0 Å². The van der Waals surface area contributed by atoms with Gasteiger partial charge < -0.3 is 10.1 Å². The van der Waals surface area contributed by atoms with Crippen molar-refractivity contribution in [1.82, 2.24) is 10.2 Å². The Morgan fingerprint density at radius 1 is 1.29 bits per heavy atom. The summed E-state index contributed by atoms with van der Waals surface area (Å²) in [5, 5.41) is 3.78. The van der Waals surface area contributed by atoms with Crippen LogP contribution in [0.25, 0.3) is 0 Å². The summed E-state index contributed by atoms with van der Waals surface area (Å²) in [5.41, 5.74) is 0.363. The molecule has 0 amide bonds. The molecule has 2 saturated heterocycles. The van der Waals surface area contributed by atoms with E-state index in [1.165, 1.54) is 32.2 Å². The maximum atomic E-state index is 6.24. The highest BCUT2D eigenvalue weighted by atomic mass is 16.5. The van der Waals surface area contributed by atoms with Crippen molar-refractivity contribution in [2.75, 3.05) is 19.6 Å². The summed E-state index contributed by atoms with van der Waals surface area (Å²) in [4.78, 5) is 2.71. The number of nitrogens with zero attached hydrogens (tertiary/aromatic N) is 1. The van der Waals surface area contributed by atoms with Crippen LogP contribution in [0.2, 0.25) is 0 Å². The molecule has 2 heterocycles. The SMILES string of the molecule is CCC1(C)CNC(CC(C)C)CN1CC1CCC(C)(C)O1. The van der Waals surface area contributed by atoms with E-state index >= 15 is 0 Å². The number of hydrogen-bond donors (Lipinski definition) is 1. The molecule has 0 aliphatic carbocycles. The molecule has 1 N–H and O–H groups in total. The molecule has 3 unspecified atom stereocenters. The molecule has 3 atom stereocenters. The Bertz CT molecular complexity index is 342. The highest BCUT2D eigenvalue weighted by Crippen LogP contribution is 2.32. The molecule has 0 aromatic rings. The smallest absolute Gasteiger partial charge is 0.0710 e. The van der Waals surface area contributed by atoms with Gasteiger partial charge in [0.25, 0.3) is 0 Å². The standard InChI is InChI=1S/C18H36N2O/c1-7-18(6)13-19-15(10-14(2)3)11-20(18)12-16-8-9-17(4,5)21-16/h14-16,19H,7-13H2,1-6H3. The molecule has 0 saturated carbocycles. The molecule has 0 radical (unpaired) electrons. The van der Waals surface area contributed by atoms with Gasteiger partial charge in [-0.05, 0) is 52.4 Å². The van der Waals surface area contributed by atoms with E-state index in [9.17, 15) is 0 Å². The van der Waals surface area contributed by atoms with Crippen molar-refractivity contribution in [3.63, 3.8) is 0 Å². The normalized spacial score (nSPS) is 37.3. The third kappa shape index (κ3) is 4.43. The number of nitrogens with one attached hydrogen (secondary N) is 1. The summed E-state index contributed by atoms with van der Waals surface area (Å²) in [6.07, 6.45) is 5.30. The van der Waals surface area contributed by atoms with Crippen LogP contribution in [0.4, 0.5) is 0 Å². The van der Waals surface area contributed by atoms with E-state index in [1.54, 1.807) is 0 Å². The Kier molecular flexibility index (Phi) is 5.38. The highest BCUT2D eigenvalue weighted by molar-refractivity contribution is 4.97. The molecular formula is C18H36N2O. The fraction of sp³-hybridized carbons (Fsp3) is 1.00. The van der Waals surface area contributed by atoms with Crippen LogP contribution >= 0.6 is 0 Å². The lowest BCUT2D eigenvalue weighted by molar-refractivity contribution is -0.0539. The molecular weight excluding hydrogens is 260 g/mol. The second kappa shape index (κ2) is 6.55. The van der Waals surface area contributed by atoms with Crippen LogP contribution < -0.4 is 5.32 Å². The van der Waals surface area contributed by atoms with E-state index in [-0.39, 0.29) is 11.1 Å². The van der Waals surface area contributed by atoms with Crippen LogP contribution in [0.3, 0.4) is 0 Å². The third-order valence-electron chi connectivity index (χ3n) is 5.47. The van der Waals surface area contributed by atoms with Crippen LogP contribution in [0, 0.1) is 5.92 Å². The molecule has 3 heteroatoms. The Labute approximate surface area is 131 Å². The van der Waals surface area contributed by atoms with Gasteiger partial charge in [-0.2, -0.15) is 0 Å². The van der Waals surface area contributed by atoms with Crippen molar-refractivity contribution in [1.29, 1.82) is 0 Å². The van der Waals surface area contributed by atoms with E-state index in [2.05, 4.69) is 51.8 Å². The molecule has 2 fully saturated rings. The zero-order valence-electron chi connectivity index (χ0n) is 15.0. The van der Waals surface area contributed by atoms with Crippen molar-refractivity contribution < 1.29 is 4.74 Å². The molecule has 0 spiro atoms. The summed E-state index contributed by atoms with van der Waals surface area (Å²) in [6, 6.07) is 0.638. The first-order valence-electron chi connectivity index (χ1n) is 8.90. The van der Waals surface area contributed by atoms with Gasteiger partial charge in [-0.1, -0.05) is 20.8 Å². The van der Waals surface area contributed by atoms with Gasteiger partial charge in [0.15, 0.2) is 0 Å². The van der Waals surface area contributed by atoms with Crippen molar-refractivity contribution in [3.8, 4) is 0 Å². The second-order valence-corrected chi connectivity index (χ2v) is 8.50. The zero-order chi connectivity index (χ0) is 15.7. The first-order chi connectivity index (χ1) is 9.74. The van der Waals surface area contributed by atoms with E-state index in [4.69, 9.17) is 4.74 Å². The number of hydrogen-bond acceptors (Lipinski definition) is 3. The summed E-state index contributed by atoms with van der Waals surface area (Å²) in [6.45, 7) is 17.2. The minimum Gasteiger partial charge on any atom is -0.371 e. The van der Waals surface area contributed by atoms with Crippen molar-refractivity contribution in [2.24, 2.45) is 5.92 Å². The summed E-state index contributed by atoms with van der Waals surface area (Å²) >= 11 is 0. The summed E-state index contributed by atoms with van der Waals surface area (Å²) in [5.74, 6) is 0.761. The minimum absolute atomic E-state index is 0.0820. The quantitative estimate of drug-likeness (QED) is 0.841. The molecule has 2 aliphatic rings. The average Bonchev–Trinajstić information content (AvgIpc) is 2.72. The maximum absolute atomic E-state index is 6.24. The predicted molar refractivity (Wildman–Crippen MR) is 89.7 cm³/mol. The van der Waals surface area contributed by atoms with Gasteiger partial charge in [-0.25, -0.2) is 0 Å². The third-order valence-corrected chi connectivity index (χ3v) is 5.47.